The van der Waals surface area contributed by atoms with Crippen molar-refractivity contribution in [2.24, 2.45) is 0 Å². The number of likely N-dealkylation sites (tertiary alicyclic amines) is 1. The smallest absolute Gasteiger partial charge is 0.277 e. The number of hydrogen-bond acceptors (Lipinski definition) is 7. The molecule has 3 aromatic rings. The molecular formula is C25H27N3O4S. The van der Waals surface area contributed by atoms with Gasteiger partial charge in [-0.1, -0.05) is 35.0 Å². The first-order valence-corrected chi connectivity index (χ1v) is 12.3. The Morgan fingerprint density at radius 2 is 1.82 bits per heavy atom. The second-order valence-corrected chi connectivity index (χ2v) is 9.47. The number of rotatable bonds is 5. The number of amides is 1. The second kappa shape index (κ2) is 9.47. The van der Waals surface area contributed by atoms with Crippen molar-refractivity contribution in [3.8, 4) is 23.0 Å². The second-order valence-electron chi connectivity index (χ2n) is 8.54. The molecule has 33 heavy (non-hydrogen) atoms. The van der Waals surface area contributed by atoms with Gasteiger partial charge in [-0.2, -0.15) is 0 Å². The summed E-state index contributed by atoms with van der Waals surface area (Å²) < 4.78 is 17.4. The molecular weight excluding hydrogens is 438 g/mol. The predicted octanol–water partition coefficient (Wildman–Crippen LogP) is 4.97. The number of aryl methyl sites for hydroxylation is 2. The van der Waals surface area contributed by atoms with Crippen molar-refractivity contribution in [3.63, 3.8) is 0 Å². The van der Waals surface area contributed by atoms with Crippen LogP contribution in [0.15, 0.2) is 46.0 Å². The molecule has 0 aliphatic carbocycles. The van der Waals surface area contributed by atoms with E-state index in [2.05, 4.69) is 16.3 Å². The van der Waals surface area contributed by atoms with Crippen molar-refractivity contribution in [3.05, 3.63) is 53.1 Å². The van der Waals surface area contributed by atoms with Gasteiger partial charge in [0, 0.05) is 18.5 Å². The van der Waals surface area contributed by atoms with Crippen LogP contribution >= 0.6 is 11.8 Å². The monoisotopic (exact) mass is 465 g/mol. The summed E-state index contributed by atoms with van der Waals surface area (Å²) in [7, 11) is 0. The van der Waals surface area contributed by atoms with E-state index in [-0.39, 0.29) is 17.7 Å². The summed E-state index contributed by atoms with van der Waals surface area (Å²) >= 11 is 1.29. The lowest BCUT2D eigenvalue weighted by molar-refractivity contribution is -0.129. The number of hydrogen-bond donors (Lipinski definition) is 0. The van der Waals surface area contributed by atoms with E-state index in [1.165, 1.54) is 11.8 Å². The van der Waals surface area contributed by atoms with Gasteiger partial charge in [0.2, 0.25) is 11.8 Å². The van der Waals surface area contributed by atoms with Crippen LogP contribution in [-0.2, 0) is 4.79 Å². The van der Waals surface area contributed by atoms with Crippen molar-refractivity contribution >= 4 is 17.7 Å². The summed E-state index contributed by atoms with van der Waals surface area (Å²) in [6, 6.07) is 12.2. The third kappa shape index (κ3) is 4.85. The first-order valence-electron chi connectivity index (χ1n) is 11.3. The zero-order valence-electron chi connectivity index (χ0n) is 18.9. The van der Waals surface area contributed by atoms with Gasteiger partial charge < -0.3 is 18.8 Å². The van der Waals surface area contributed by atoms with Gasteiger partial charge in [0.15, 0.2) is 11.5 Å². The molecule has 5 rings (SSSR count). The Labute approximate surface area is 197 Å². The maximum absolute atomic E-state index is 13.1. The van der Waals surface area contributed by atoms with Gasteiger partial charge in [0.05, 0.1) is 25.0 Å². The fourth-order valence-electron chi connectivity index (χ4n) is 4.49. The predicted molar refractivity (Wildman–Crippen MR) is 126 cm³/mol. The lowest BCUT2D eigenvalue weighted by atomic mass is 10.0. The summed E-state index contributed by atoms with van der Waals surface area (Å²) in [6.45, 7) is 6.14. The van der Waals surface area contributed by atoms with Crippen molar-refractivity contribution in [2.45, 2.75) is 44.4 Å². The average Bonchev–Trinajstić information content (AvgIpc) is 3.42. The molecule has 8 heteroatoms. The van der Waals surface area contributed by atoms with E-state index in [9.17, 15) is 4.79 Å². The van der Waals surface area contributed by atoms with Gasteiger partial charge in [-0.3, -0.25) is 4.79 Å². The summed E-state index contributed by atoms with van der Waals surface area (Å²) in [5.41, 5.74) is 4.27. The van der Waals surface area contributed by atoms with Gasteiger partial charge in [-0.25, -0.2) is 0 Å². The number of thioether (sulfide) groups is 1. The van der Waals surface area contributed by atoms with Crippen molar-refractivity contribution in [1.29, 1.82) is 0 Å². The topological polar surface area (TPSA) is 77.7 Å². The SMILES string of the molecule is Cc1cc(C)cc(-c2nnc(SCC(=O)N3CCCC3c3ccc4c(c3)OCCCO4)o2)c1. The number of carbonyl (C=O) groups is 1. The van der Waals surface area contributed by atoms with Crippen LogP contribution in [0.3, 0.4) is 0 Å². The highest BCUT2D eigenvalue weighted by molar-refractivity contribution is 7.99. The molecule has 7 nitrogen and oxygen atoms in total. The number of nitrogens with zero attached hydrogens (tertiary/aromatic N) is 3. The molecule has 0 spiro atoms. The fourth-order valence-corrected chi connectivity index (χ4v) is 5.14. The molecule has 2 aromatic carbocycles. The zero-order chi connectivity index (χ0) is 22.8. The van der Waals surface area contributed by atoms with Crippen molar-refractivity contribution in [1.82, 2.24) is 15.1 Å². The minimum atomic E-state index is 0.0452. The molecule has 1 atom stereocenters. The molecule has 2 aliphatic rings. The van der Waals surface area contributed by atoms with E-state index in [0.717, 1.165) is 59.6 Å². The van der Waals surface area contributed by atoms with Crippen LogP contribution in [0.4, 0.5) is 0 Å². The lowest BCUT2D eigenvalue weighted by Crippen LogP contribution is -2.32. The molecule has 1 unspecified atom stereocenters. The molecule has 1 amide bonds. The van der Waals surface area contributed by atoms with Crippen LogP contribution in [-0.4, -0.2) is 46.5 Å². The summed E-state index contributed by atoms with van der Waals surface area (Å²) in [6.07, 6.45) is 2.79. The molecule has 1 aromatic heterocycles. The third-order valence-electron chi connectivity index (χ3n) is 5.92. The van der Waals surface area contributed by atoms with Gasteiger partial charge in [0.1, 0.15) is 0 Å². The Bertz CT molecular complexity index is 1140. The Morgan fingerprint density at radius 3 is 2.64 bits per heavy atom. The van der Waals surface area contributed by atoms with E-state index in [1.807, 2.05) is 49.1 Å². The summed E-state index contributed by atoms with van der Waals surface area (Å²) in [5, 5.41) is 8.70. The zero-order valence-corrected chi connectivity index (χ0v) is 19.7. The largest absolute Gasteiger partial charge is 0.490 e. The van der Waals surface area contributed by atoms with E-state index in [1.54, 1.807) is 0 Å². The van der Waals surface area contributed by atoms with Gasteiger partial charge in [-0.05, 0) is 56.5 Å². The lowest BCUT2D eigenvalue weighted by Gasteiger charge is -2.25. The number of benzene rings is 2. The normalized spacial score (nSPS) is 17.8. The van der Waals surface area contributed by atoms with Gasteiger partial charge in [0.25, 0.3) is 5.22 Å². The Hall–Kier alpha value is -3.00. The molecule has 2 aliphatic heterocycles. The van der Waals surface area contributed by atoms with Gasteiger partial charge in [-0.15, -0.1) is 10.2 Å². The number of ether oxygens (including phenoxy) is 2. The Morgan fingerprint density at radius 1 is 1.03 bits per heavy atom. The molecule has 0 bridgehead atoms. The molecule has 0 radical (unpaired) electrons. The van der Waals surface area contributed by atoms with Crippen LogP contribution in [0.1, 0.15) is 42.0 Å². The highest BCUT2D eigenvalue weighted by atomic mass is 32.2. The van der Waals surface area contributed by atoms with Crippen LogP contribution in [0.2, 0.25) is 0 Å². The van der Waals surface area contributed by atoms with E-state index in [0.29, 0.717) is 24.3 Å². The fraction of sp³-hybridized carbons (Fsp3) is 0.400. The third-order valence-corrected chi connectivity index (χ3v) is 6.73. The Kier molecular flexibility index (Phi) is 6.26. The Balaban J connectivity index is 1.25. The average molecular weight is 466 g/mol. The van der Waals surface area contributed by atoms with E-state index < -0.39 is 0 Å². The first kappa shape index (κ1) is 21.8. The molecule has 172 valence electrons. The molecule has 1 fully saturated rings. The standard InChI is InChI=1S/C25H27N3O4S/c1-16-11-17(2)13-19(12-16)24-26-27-25(32-24)33-15-23(29)28-8-3-5-20(28)18-6-7-21-22(14-18)31-10-4-9-30-21/h6-7,11-14,20H,3-5,8-10,15H2,1-2H3. The van der Waals surface area contributed by atoms with E-state index in [4.69, 9.17) is 13.9 Å². The van der Waals surface area contributed by atoms with Crippen molar-refractivity contribution < 1.29 is 18.7 Å². The van der Waals surface area contributed by atoms with Crippen LogP contribution in [0, 0.1) is 13.8 Å². The van der Waals surface area contributed by atoms with Crippen LogP contribution in [0.25, 0.3) is 11.5 Å². The quantitative estimate of drug-likeness (QED) is 0.492. The summed E-state index contributed by atoms with van der Waals surface area (Å²) in [4.78, 5) is 15.0. The number of aromatic nitrogens is 2. The first-order chi connectivity index (χ1) is 16.1. The molecule has 0 saturated carbocycles. The van der Waals surface area contributed by atoms with E-state index >= 15 is 0 Å². The van der Waals surface area contributed by atoms with Crippen molar-refractivity contribution in [2.75, 3.05) is 25.5 Å². The van der Waals surface area contributed by atoms with Gasteiger partial charge >= 0.3 is 0 Å². The van der Waals surface area contributed by atoms with Crippen LogP contribution < -0.4 is 9.47 Å². The molecule has 1 saturated heterocycles. The van der Waals surface area contributed by atoms with Crippen LogP contribution in [0.5, 0.6) is 11.5 Å². The highest BCUT2D eigenvalue weighted by Crippen LogP contribution is 2.38. The minimum Gasteiger partial charge on any atom is -0.490 e. The molecule has 3 heterocycles. The number of fused-ring (bicyclic) bond motifs is 1. The maximum atomic E-state index is 13.1. The summed E-state index contributed by atoms with van der Waals surface area (Å²) in [5.74, 6) is 2.35. The minimum absolute atomic E-state index is 0.0452. The maximum Gasteiger partial charge on any atom is 0.277 e. The number of carbonyl (C=O) groups excluding carboxylic acids is 1. The molecule has 0 N–H and O–H groups in total. The highest BCUT2D eigenvalue weighted by Gasteiger charge is 2.31.